The van der Waals surface area contributed by atoms with E-state index >= 15 is 0 Å². The molecule has 0 aromatic carbocycles. The Morgan fingerprint density at radius 3 is 2.71 bits per heavy atom. The van der Waals surface area contributed by atoms with Crippen LogP contribution in [0.1, 0.15) is 6.42 Å². The van der Waals surface area contributed by atoms with E-state index in [2.05, 4.69) is 26.2 Å². The van der Waals surface area contributed by atoms with Crippen molar-refractivity contribution in [1.82, 2.24) is 5.01 Å². The predicted octanol–water partition coefficient (Wildman–Crippen LogP) is -0.816. The zero-order chi connectivity index (χ0) is 10.8. The number of carbonyl (C=O) groups excluding carboxylic acids is 1. The lowest BCUT2D eigenvalue weighted by Gasteiger charge is -2.41. The van der Waals surface area contributed by atoms with Gasteiger partial charge in [-0.1, -0.05) is 0 Å². The molecule has 1 atom stereocenters. The third kappa shape index (κ3) is 3.25. The van der Waals surface area contributed by atoms with Crippen LogP contribution in [-0.4, -0.2) is 62.5 Å². The fourth-order valence-electron chi connectivity index (χ4n) is 1.60. The highest BCUT2D eigenvalue weighted by Gasteiger charge is 2.29. The number of primary amides is 1. The third-order valence-corrected chi connectivity index (χ3v) is 2.39. The van der Waals surface area contributed by atoms with Crippen LogP contribution in [0.25, 0.3) is 0 Å². The van der Waals surface area contributed by atoms with E-state index in [0.717, 1.165) is 17.7 Å². The van der Waals surface area contributed by atoms with Crippen LogP contribution in [0.5, 0.6) is 0 Å². The van der Waals surface area contributed by atoms with Gasteiger partial charge in [-0.05, 0) is 0 Å². The summed E-state index contributed by atoms with van der Waals surface area (Å²) in [6.45, 7) is 2.35. The molecule has 0 aliphatic carbocycles. The molecule has 1 saturated heterocycles. The molecule has 1 aliphatic heterocycles. The molecule has 1 fully saturated rings. The number of nitrogens with two attached hydrogens (primary N) is 1. The monoisotopic (exact) mass is 202 g/mol. The molecule has 1 heterocycles. The second kappa shape index (κ2) is 4.25. The third-order valence-electron chi connectivity index (χ3n) is 2.39. The van der Waals surface area contributed by atoms with Crippen molar-refractivity contribution >= 4 is 5.91 Å². The van der Waals surface area contributed by atoms with Crippen LogP contribution in [-0.2, 0) is 9.53 Å². The lowest BCUT2D eigenvalue weighted by molar-refractivity contribution is -0.988. The van der Waals surface area contributed by atoms with Gasteiger partial charge in [-0.25, -0.2) is 0 Å². The molecule has 0 bridgehead atoms. The highest BCUT2D eigenvalue weighted by Crippen LogP contribution is 2.12. The van der Waals surface area contributed by atoms with Gasteiger partial charge >= 0.3 is 0 Å². The molecule has 14 heavy (non-hydrogen) atoms. The maximum Gasteiger partial charge on any atom is 0.220 e. The molecule has 1 aliphatic rings. The van der Waals surface area contributed by atoms with Crippen LogP contribution in [0.3, 0.4) is 0 Å². The van der Waals surface area contributed by atoms with Crippen molar-refractivity contribution in [3.63, 3.8) is 0 Å². The second-order valence-corrected chi connectivity index (χ2v) is 4.52. The van der Waals surface area contributed by atoms with Crippen molar-refractivity contribution in [3.8, 4) is 0 Å². The summed E-state index contributed by atoms with van der Waals surface area (Å²) >= 11 is 0. The van der Waals surface area contributed by atoms with Crippen LogP contribution < -0.4 is 5.73 Å². The highest BCUT2D eigenvalue weighted by atomic mass is 16.5. The fourth-order valence-corrected chi connectivity index (χ4v) is 1.60. The summed E-state index contributed by atoms with van der Waals surface area (Å²) in [5.74, 6) is -0.293. The molecule has 1 rings (SSSR count). The summed E-state index contributed by atoms with van der Waals surface area (Å²) in [7, 11) is 6.31. The van der Waals surface area contributed by atoms with Crippen molar-refractivity contribution in [2.24, 2.45) is 5.73 Å². The van der Waals surface area contributed by atoms with Gasteiger partial charge in [0.15, 0.2) is 0 Å². The minimum absolute atomic E-state index is 0.0430. The smallest absolute Gasteiger partial charge is 0.220 e. The van der Waals surface area contributed by atoms with Crippen LogP contribution in [0.2, 0.25) is 0 Å². The predicted molar refractivity (Wildman–Crippen MR) is 53.2 cm³/mol. The molecule has 0 saturated carbocycles. The minimum atomic E-state index is -0.293. The number of amides is 1. The van der Waals surface area contributed by atoms with Crippen LogP contribution >= 0.6 is 0 Å². The summed E-state index contributed by atoms with van der Waals surface area (Å²) in [6, 6.07) is 0. The number of morpholine rings is 1. The normalized spacial score (nSPS) is 24.9. The Hall–Kier alpha value is -0.650. The molecule has 1 amide bonds. The molecule has 0 aromatic rings. The van der Waals surface area contributed by atoms with E-state index in [0.29, 0.717) is 13.0 Å². The van der Waals surface area contributed by atoms with Crippen molar-refractivity contribution in [3.05, 3.63) is 0 Å². The number of quaternary nitrogens is 1. The molecular formula is C9H20N3O2+. The van der Waals surface area contributed by atoms with Gasteiger partial charge in [0.05, 0.1) is 53.4 Å². The zero-order valence-corrected chi connectivity index (χ0v) is 9.19. The first-order chi connectivity index (χ1) is 6.39. The summed E-state index contributed by atoms with van der Waals surface area (Å²) in [6.07, 6.45) is 0.273. The number of hydrogen-bond donors (Lipinski definition) is 1. The van der Waals surface area contributed by atoms with E-state index in [1.54, 1.807) is 0 Å². The first-order valence-electron chi connectivity index (χ1n) is 4.86. The summed E-state index contributed by atoms with van der Waals surface area (Å²) in [5.41, 5.74) is 5.14. The van der Waals surface area contributed by atoms with Crippen LogP contribution in [0, 0.1) is 0 Å². The SMILES string of the molecule is C[N+](C)(C)N1CCOC(CC(N)=O)C1. The molecule has 0 radical (unpaired) electrons. The van der Waals surface area contributed by atoms with Crippen molar-refractivity contribution < 1.29 is 14.1 Å². The summed E-state index contributed by atoms with van der Waals surface area (Å²) < 4.78 is 6.22. The summed E-state index contributed by atoms with van der Waals surface area (Å²) in [4.78, 5) is 10.7. The average Bonchev–Trinajstić information content (AvgIpc) is 2.01. The summed E-state index contributed by atoms with van der Waals surface area (Å²) in [5, 5.41) is 2.26. The Morgan fingerprint density at radius 2 is 2.21 bits per heavy atom. The number of hydrogen-bond acceptors (Lipinski definition) is 3. The Labute approximate surface area is 85.0 Å². The number of ether oxygens (including phenoxy) is 1. The van der Waals surface area contributed by atoms with E-state index in [9.17, 15) is 4.79 Å². The van der Waals surface area contributed by atoms with Crippen molar-refractivity contribution in [1.29, 1.82) is 0 Å². The Bertz CT molecular complexity index is 213. The molecule has 1 unspecified atom stereocenters. The number of rotatable bonds is 3. The van der Waals surface area contributed by atoms with E-state index in [1.165, 1.54) is 0 Å². The van der Waals surface area contributed by atoms with E-state index < -0.39 is 0 Å². The molecule has 2 N–H and O–H groups in total. The quantitative estimate of drug-likeness (QED) is 0.609. The maximum absolute atomic E-state index is 10.7. The highest BCUT2D eigenvalue weighted by molar-refractivity contribution is 5.74. The van der Waals surface area contributed by atoms with E-state index in [1.807, 2.05) is 0 Å². The van der Waals surface area contributed by atoms with Crippen molar-refractivity contribution in [2.75, 3.05) is 40.8 Å². The van der Waals surface area contributed by atoms with Crippen LogP contribution in [0.15, 0.2) is 0 Å². The maximum atomic E-state index is 10.7. The Kier molecular flexibility index (Phi) is 3.47. The van der Waals surface area contributed by atoms with Crippen LogP contribution in [0.4, 0.5) is 0 Å². The Morgan fingerprint density at radius 1 is 1.57 bits per heavy atom. The molecule has 0 aromatic heterocycles. The molecule has 0 spiro atoms. The van der Waals surface area contributed by atoms with Gasteiger partial charge in [-0.2, -0.15) is 5.01 Å². The first kappa shape index (κ1) is 11.4. The van der Waals surface area contributed by atoms with Gasteiger partial charge in [0.2, 0.25) is 5.91 Å². The first-order valence-corrected chi connectivity index (χ1v) is 4.86. The van der Waals surface area contributed by atoms with Gasteiger partial charge in [0.1, 0.15) is 0 Å². The topological polar surface area (TPSA) is 55.6 Å². The van der Waals surface area contributed by atoms with Gasteiger partial charge in [-0.3, -0.25) is 9.39 Å². The number of nitrogens with zero attached hydrogens (tertiary/aromatic N) is 2. The molecular weight excluding hydrogens is 182 g/mol. The molecule has 5 nitrogen and oxygen atoms in total. The fraction of sp³-hybridized carbons (Fsp3) is 0.889. The largest absolute Gasteiger partial charge is 0.375 e. The minimum Gasteiger partial charge on any atom is -0.375 e. The average molecular weight is 202 g/mol. The standard InChI is InChI=1S/C9H19N3O2/c1-12(2,3)11-4-5-14-8(7-11)6-9(10)13/h8H,4-7H2,1-3H3,(H-,10,13)/p+1. The lowest BCUT2D eigenvalue weighted by atomic mass is 10.2. The zero-order valence-electron chi connectivity index (χ0n) is 9.19. The van der Waals surface area contributed by atoms with E-state index in [4.69, 9.17) is 10.5 Å². The lowest BCUT2D eigenvalue weighted by Crippen LogP contribution is -2.58. The van der Waals surface area contributed by atoms with Gasteiger partial charge in [0.25, 0.3) is 0 Å². The number of carbonyl (C=O) groups is 1. The second-order valence-electron chi connectivity index (χ2n) is 4.52. The van der Waals surface area contributed by atoms with Gasteiger partial charge < -0.3 is 10.5 Å². The van der Waals surface area contributed by atoms with E-state index in [-0.39, 0.29) is 12.0 Å². The Balaban J connectivity index is 2.48. The molecule has 5 heteroatoms. The van der Waals surface area contributed by atoms with Gasteiger partial charge in [-0.15, -0.1) is 0 Å². The van der Waals surface area contributed by atoms with Gasteiger partial charge in [0, 0.05) is 0 Å². The molecule has 82 valence electrons. The van der Waals surface area contributed by atoms with Crippen molar-refractivity contribution in [2.45, 2.75) is 12.5 Å².